The van der Waals surface area contributed by atoms with E-state index in [0.29, 0.717) is 12.2 Å². The third-order valence-corrected chi connectivity index (χ3v) is 4.22. The number of nitrogens with one attached hydrogen (secondary N) is 2. The summed E-state index contributed by atoms with van der Waals surface area (Å²) in [5.74, 6) is -0.159. The van der Waals surface area contributed by atoms with E-state index in [9.17, 15) is 13.2 Å². The lowest BCUT2D eigenvalue weighted by Gasteiger charge is -2.12. The van der Waals surface area contributed by atoms with Gasteiger partial charge in [0, 0.05) is 31.7 Å². The van der Waals surface area contributed by atoms with Gasteiger partial charge in [0.15, 0.2) is 0 Å². The fraction of sp³-hybridized carbons (Fsp3) is 0.400. The van der Waals surface area contributed by atoms with Crippen molar-refractivity contribution in [2.75, 3.05) is 6.54 Å². The van der Waals surface area contributed by atoms with Gasteiger partial charge in [-0.1, -0.05) is 0 Å². The van der Waals surface area contributed by atoms with Gasteiger partial charge in [0.2, 0.25) is 15.9 Å². The fourth-order valence-corrected chi connectivity index (χ4v) is 3.23. The average molecular weight is 270 g/mol. The highest BCUT2D eigenvalue weighted by Crippen LogP contribution is 2.14. The second kappa shape index (κ2) is 5.01. The number of carbonyl (C=O) groups is 1. The SMILES string of the molecule is NCc1ncccc1S(=O)(=O)NC1CNC(=O)C1. The van der Waals surface area contributed by atoms with Crippen LogP contribution in [-0.2, 0) is 21.4 Å². The number of carbonyl (C=O) groups excluding carboxylic acids is 1. The molecule has 0 saturated carbocycles. The smallest absolute Gasteiger partial charge is 0.242 e. The highest BCUT2D eigenvalue weighted by atomic mass is 32.2. The summed E-state index contributed by atoms with van der Waals surface area (Å²) in [7, 11) is -3.69. The first-order chi connectivity index (χ1) is 8.53. The molecule has 2 heterocycles. The monoisotopic (exact) mass is 270 g/mol. The normalized spacial score (nSPS) is 19.8. The van der Waals surface area contributed by atoms with Crippen LogP contribution in [0, 0.1) is 0 Å². The third-order valence-electron chi connectivity index (χ3n) is 2.63. The van der Waals surface area contributed by atoms with Crippen LogP contribution in [0.1, 0.15) is 12.1 Å². The molecule has 4 N–H and O–H groups in total. The van der Waals surface area contributed by atoms with E-state index in [4.69, 9.17) is 5.73 Å². The predicted molar refractivity (Wildman–Crippen MR) is 63.9 cm³/mol. The molecule has 0 radical (unpaired) electrons. The molecule has 7 nitrogen and oxygen atoms in total. The topological polar surface area (TPSA) is 114 Å². The zero-order chi connectivity index (χ0) is 13.2. The molecule has 1 aliphatic rings. The Morgan fingerprint density at radius 3 is 2.94 bits per heavy atom. The summed E-state index contributed by atoms with van der Waals surface area (Å²) in [6.45, 7) is 0.342. The Kier molecular flexibility index (Phi) is 3.60. The van der Waals surface area contributed by atoms with E-state index in [-0.39, 0.29) is 23.8 Å². The lowest BCUT2D eigenvalue weighted by atomic mass is 10.3. The van der Waals surface area contributed by atoms with E-state index >= 15 is 0 Å². The number of nitrogens with two attached hydrogens (primary N) is 1. The standard InChI is InChI=1S/C10H14N4O3S/c11-5-8-9(2-1-3-12-8)18(16,17)14-7-4-10(15)13-6-7/h1-3,7,14H,4-6,11H2,(H,13,15). The number of nitrogens with zero attached hydrogens (tertiary/aromatic N) is 1. The van der Waals surface area contributed by atoms with Gasteiger partial charge < -0.3 is 11.1 Å². The molecule has 1 unspecified atom stereocenters. The van der Waals surface area contributed by atoms with Crippen molar-refractivity contribution in [3.8, 4) is 0 Å². The summed E-state index contributed by atoms with van der Waals surface area (Å²) in [4.78, 5) is 15.0. The van der Waals surface area contributed by atoms with Crippen molar-refractivity contribution in [1.82, 2.24) is 15.0 Å². The Hall–Kier alpha value is -1.51. The Labute approximate surface area is 105 Å². The molecule has 1 aromatic heterocycles. The highest BCUT2D eigenvalue weighted by Gasteiger charge is 2.28. The number of hydrogen-bond acceptors (Lipinski definition) is 5. The first-order valence-corrected chi connectivity index (χ1v) is 6.94. The molecular weight excluding hydrogens is 256 g/mol. The summed E-state index contributed by atoms with van der Waals surface area (Å²) < 4.78 is 26.7. The van der Waals surface area contributed by atoms with Gasteiger partial charge in [-0.15, -0.1) is 0 Å². The zero-order valence-corrected chi connectivity index (χ0v) is 10.4. The molecule has 8 heteroatoms. The first kappa shape index (κ1) is 12.9. The number of aromatic nitrogens is 1. The minimum Gasteiger partial charge on any atom is -0.354 e. The van der Waals surface area contributed by atoms with Gasteiger partial charge in [-0.2, -0.15) is 0 Å². The number of hydrogen-bond donors (Lipinski definition) is 3. The van der Waals surface area contributed by atoms with Crippen LogP contribution in [0.2, 0.25) is 0 Å². The fourth-order valence-electron chi connectivity index (χ4n) is 1.79. The van der Waals surface area contributed by atoms with Crippen LogP contribution in [0.3, 0.4) is 0 Å². The number of sulfonamides is 1. The molecule has 1 aliphatic heterocycles. The largest absolute Gasteiger partial charge is 0.354 e. The van der Waals surface area contributed by atoms with Crippen LogP contribution >= 0.6 is 0 Å². The van der Waals surface area contributed by atoms with Crippen molar-refractivity contribution < 1.29 is 13.2 Å². The molecule has 0 aliphatic carbocycles. The quantitative estimate of drug-likeness (QED) is 0.629. The lowest BCUT2D eigenvalue weighted by molar-refractivity contribution is -0.119. The van der Waals surface area contributed by atoms with Crippen molar-refractivity contribution >= 4 is 15.9 Å². The Bertz CT molecular complexity index is 558. The van der Waals surface area contributed by atoms with Gasteiger partial charge >= 0.3 is 0 Å². The van der Waals surface area contributed by atoms with Crippen LogP contribution in [0.25, 0.3) is 0 Å². The summed E-state index contributed by atoms with van der Waals surface area (Å²) in [6.07, 6.45) is 1.64. The average Bonchev–Trinajstić information content (AvgIpc) is 2.74. The van der Waals surface area contributed by atoms with E-state index in [1.807, 2.05) is 0 Å². The van der Waals surface area contributed by atoms with Crippen LogP contribution in [0.5, 0.6) is 0 Å². The van der Waals surface area contributed by atoms with Crippen molar-refractivity contribution in [2.24, 2.45) is 5.73 Å². The predicted octanol–water partition coefficient (Wildman–Crippen LogP) is -1.29. The molecule has 1 amide bonds. The van der Waals surface area contributed by atoms with E-state index in [1.165, 1.54) is 18.3 Å². The molecule has 1 fully saturated rings. The summed E-state index contributed by atoms with van der Waals surface area (Å²) in [6, 6.07) is 2.56. The van der Waals surface area contributed by atoms with Gasteiger partial charge in [0.1, 0.15) is 4.90 Å². The van der Waals surface area contributed by atoms with Gasteiger partial charge in [-0.05, 0) is 12.1 Å². The van der Waals surface area contributed by atoms with Gasteiger partial charge in [-0.25, -0.2) is 13.1 Å². The van der Waals surface area contributed by atoms with E-state index in [1.54, 1.807) is 0 Å². The van der Waals surface area contributed by atoms with E-state index in [0.717, 1.165) is 0 Å². The molecule has 2 rings (SSSR count). The number of amides is 1. The van der Waals surface area contributed by atoms with Gasteiger partial charge in [0.05, 0.1) is 5.69 Å². The van der Waals surface area contributed by atoms with Gasteiger partial charge in [-0.3, -0.25) is 9.78 Å². The first-order valence-electron chi connectivity index (χ1n) is 5.46. The lowest BCUT2D eigenvalue weighted by Crippen LogP contribution is -2.36. The maximum absolute atomic E-state index is 12.1. The molecule has 1 atom stereocenters. The molecule has 0 spiro atoms. The minimum absolute atomic E-state index is 0.0406. The van der Waals surface area contributed by atoms with Crippen LogP contribution in [0.15, 0.2) is 23.2 Å². The van der Waals surface area contributed by atoms with Crippen molar-refractivity contribution in [2.45, 2.75) is 23.9 Å². The van der Waals surface area contributed by atoms with Crippen LogP contribution < -0.4 is 15.8 Å². The molecule has 0 aromatic carbocycles. The summed E-state index contributed by atoms with van der Waals surface area (Å²) in [5, 5.41) is 2.57. The second-order valence-corrected chi connectivity index (χ2v) is 5.66. The Morgan fingerprint density at radius 1 is 1.56 bits per heavy atom. The van der Waals surface area contributed by atoms with Crippen molar-refractivity contribution in [3.63, 3.8) is 0 Å². The van der Waals surface area contributed by atoms with Crippen LogP contribution in [0.4, 0.5) is 0 Å². The van der Waals surface area contributed by atoms with E-state index in [2.05, 4.69) is 15.0 Å². The maximum atomic E-state index is 12.1. The number of rotatable bonds is 4. The molecule has 1 aromatic rings. The minimum atomic E-state index is -3.69. The second-order valence-electron chi connectivity index (χ2n) is 3.98. The summed E-state index contributed by atoms with van der Waals surface area (Å²) >= 11 is 0. The van der Waals surface area contributed by atoms with E-state index < -0.39 is 16.1 Å². The molecule has 98 valence electrons. The van der Waals surface area contributed by atoms with Gasteiger partial charge in [0.25, 0.3) is 0 Å². The van der Waals surface area contributed by atoms with Crippen LogP contribution in [-0.4, -0.2) is 31.9 Å². The highest BCUT2D eigenvalue weighted by molar-refractivity contribution is 7.89. The summed E-state index contributed by atoms with van der Waals surface area (Å²) in [5.41, 5.74) is 5.76. The molecular formula is C10H14N4O3S. The Morgan fingerprint density at radius 2 is 2.33 bits per heavy atom. The van der Waals surface area contributed by atoms with Crippen molar-refractivity contribution in [3.05, 3.63) is 24.0 Å². The zero-order valence-electron chi connectivity index (χ0n) is 9.59. The van der Waals surface area contributed by atoms with Crippen molar-refractivity contribution in [1.29, 1.82) is 0 Å². The Balaban J connectivity index is 2.22. The third kappa shape index (κ3) is 2.66. The molecule has 18 heavy (non-hydrogen) atoms. The molecule has 1 saturated heterocycles. The molecule has 0 bridgehead atoms. The number of pyridine rings is 1. The maximum Gasteiger partial charge on any atom is 0.242 e.